The molecule has 0 amide bonds. The fourth-order valence-corrected chi connectivity index (χ4v) is 4.95. The molecule has 238 valence electrons. The first-order chi connectivity index (χ1) is 20.1. The van der Waals surface area contributed by atoms with Gasteiger partial charge in [0.2, 0.25) is 0 Å². The lowest BCUT2D eigenvalue weighted by molar-refractivity contribution is -0.147. The standard InChI is InChI=1S/C37H66O4/c1-3-5-7-9-11-13-14-15-16-17-18-19-20-22-24-30-34-37(40)41-35(32-28-25-26-29-33-36(38)39)31-27-23-21-12-10-8-6-4-2/h12,16-17,21,27,31,35H,3-11,13-15,18-20,22-26,28-30,32-34H2,1-2H3,(H,38,39)/b17-16-,21-12-,31-27-. The monoisotopic (exact) mass is 574 g/mol. The average molecular weight is 575 g/mol. The minimum Gasteiger partial charge on any atom is -0.481 e. The maximum absolute atomic E-state index is 12.5. The predicted octanol–water partition coefficient (Wildman–Crippen LogP) is 11.8. The summed E-state index contributed by atoms with van der Waals surface area (Å²) in [6.45, 7) is 4.49. The topological polar surface area (TPSA) is 63.6 Å². The zero-order valence-electron chi connectivity index (χ0n) is 27.1. The Morgan fingerprint density at radius 3 is 1.63 bits per heavy atom. The fraction of sp³-hybridized carbons (Fsp3) is 0.784. The van der Waals surface area contributed by atoms with Gasteiger partial charge < -0.3 is 9.84 Å². The minimum absolute atomic E-state index is 0.0890. The normalized spacial score (nSPS) is 12.6. The van der Waals surface area contributed by atoms with Crippen LogP contribution in [0.15, 0.2) is 36.5 Å². The van der Waals surface area contributed by atoms with Crippen LogP contribution in [0.1, 0.15) is 181 Å². The molecule has 0 spiro atoms. The van der Waals surface area contributed by atoms with Gasteiger partial charge >= 0.3 is 11.9 Å². The van der Waals surface area contributed by atoms with Gasteiger partial charge in [-0.15, -0.1) is 0 Å². The quantitative estimate of drug-likeness (QED) is 0.0508. The van der Waals surface area contributed by atoms with Gasteiger partial charge in [-0.2, -0.15) is 0 Å². The molecule has 0 aromatic heterocycles. The molecule has 0 heterocycles. The second kappa shape index (κ2) is 32.7. The molecule has 0 aromatic rings. The molecule has 0 saturated carbocycles. The van der Waals surface area contributed by atoms with E-state index in [0.717, 1.165) is 51.4 Å². The summed E-state index contributed by atoms with van der Waals surface area (Å²) in [5.74, 6) is -0.817. The molecule has 41 heavy (non-hydrogen) atoms. The highest BCUT2D eigenvalue weighted by molar-refractivity contribution is 5.69. The number of unbranched alkanes of at least 4 members (excludes halogenated alkanes) is 18. The second-order valence-electron chi connectivity index (χ2n) is 11.7. The van der Waals surface area contributed by atoms with Crippen molar-refractivity contribution in [2.24, 2.45) is 0 Å². The van der Waals surface area contributed by atoms with Gasteiger partial charge in [0.25, 0.3) is 0 Å². The highest BCUT2D eigenvalue weighted by Crippen LogP contribution is 2.15. The van der Waals surface area contributed by atoms with E-state index in [9.17, 15) is 9.59 Å². The Balaban J connectivity index is 4.04. The Bertz CT molecular complexity index is 664. The fourth-order valence-electron chi connectivity index (χ4n) is 4.95. The number of aliphatic carboxylic acids is 1. The van der Waals surface area contributed by atoms with Crippen LogP contribution in [0.2, 0.25) is 0 Å². The Labute approximate surface area is 254 Å². The Hall–Kier alpha value is -1.84. The maximum Gasteiger partial charge on any atom is 0.306 e. The number of allylic oxidation sites excluding steroid dienone is 5. The van der Waals surface area contributed by atoms with Crippen molar-refractivity contribution in [1.29, 1.82) is 0 Å². The first-order valence-electron chi connectivity index (χ1n) is 17.5. The maximum atomic E-state index is 12.5. The molecular weight excluding hydrogens is 508 g/mol. The third kappa shape index (κ3) is 32.5. The van der Waals surface area contributed by atoms with Gasteiger partial charge in [0.05, 0.1) is 0 Å². The zero-order chi connectivity index (χ0) is 30.1. The molecule has 0 radical (unpaired) electrons. The number of hydrogen-bond acceptors (Lipinski definition) is 3. The summed E-state index contributed by atoms with van der Waals surface area (Å²) < 4.78 is 5.83. The van der Waals surface area contributed by atoms with E-state index in [2.05, 4.69) is 44.2 Å². The second-order valence-corrected chi connectivity index (χ2v) is 11.7. The molecule has 0 aliphatic rings. The predicted molar refractivity (Wildman–Crippen MR) is 176 cm³/mol. The van der Waals surface area contributed by atoms with Crippen molar-refractivity contribution < 1.29 is 19.4 Å². The summed E-state index contributed by atoms with van der Waals surface area (Å²) >= 11 is 0. The lowest BCUT2D eigenvalue weighted by Gasteiger charge is -2.14. The highest BCUT2D eigenvalue weighted by atomic mass is 16.5. The molecule has 1 N–H and O–H groups in total. The number of carboxylic acid groups (broad SMARTS) is 1. The van der Waals surface area contributed by atoms with E-state index in [0.29, 0.717) is 12.8 Å². The largest absolute Gasteiger partial charge is 0.481 e. The first kappa shape index (κ1) is 39.2. The molecule has 1 unspecified atom stereocenters. The van der Waals surface area contributed by atoms with E-state index in [1.54, 1.807) is 0 Å². The summed E-state index contributed by atoms with van der Waals surface area (Å²) in [6, 6.07) is 0. The van der Waals surface area contributed by atoms with Crippen molar-refractivity contribution in [3.63, 3.8) is 0 Å². The summed E-state index contributed by atoms with van der Waals surface area (Å²) in [7, 11) is 0. The van der Waals surface area contributed by atoms with Gasteiger partial charge in [0, 0.05) is 12.8 Å². The number of carbonyl (C=O) groups is 2. The summed E-state index contributed by atoms with van der Waals surface area (Å²) in [4.78, 5) is 23.2. The van der Waals surface area contributed by atoms with Crippen molar-refractivity contribution in [1.82, 2.24) is 0 Å². The number of carboxylic acids is 1. The van der Waals surface area contributed by atoms with E-state index in [1.165, 1.54) is 96.3 Å². The lowest BCUT2D eigenvalue weighted by atomic mass is 10.1. The van der Waals surface area contributed by atoms with E-state index in [1.807, 2.05) is 6.08 Å². The molecule has 0 saturated heterocycles. The van der Waals surface area contributed by atoms with Crippen LogP contribution in [0.4, 0.5) is 0 Å². The third-order valence-corrected chi connectivity index (χ3v) is 7.57. The van der Waals surface area contributed by atoms with E-state index in [-0.39, 0.29) is 18.5 Å². The van der Waals surface area contributed by atoms with Crippen LogP contribution in [0, 0.1) is 0 Å². The molecule has 0 aromatic carbocycles. The molecule has 1 atom stereocenters. The van der Waals surface area contributed by atoms with Crippen LogP contribution in [0.5, 0.6) is 0 Å². The average Bonchev–Trinajstić information content (AvgIpc) is 2.95. The molecule has 0 rings (SSSR count). The molecule has 4 nitrogen and oxygen atoms in total. The van der Waals surface area contributed by atoms with Crippen LogP contribution >= 0.6 is 0 Å². The van der Waals surface area contributed by atoms with Crippen LogP contribution in [0.25, 0.3) is 0 Å². The van der Waals surface area contributed by atoms with Crippen LogP contribution in [-0.2, 0) is 14.3 Å². The molecule has 0 aliphatic heterocycles. The lowest BCUT2D eigenvalue weighted by Crippen LogP contribution is -2.16. The number of carbonyl (C=O) groups excluding carboxylic acids is 1. The molecule has 0 aliphatic carbocycles. The number of ether oxygens (including phenoxy) is 1. The van der Waals surface area contributed by atoms with Crippen LogP contribution in [-0.4, -0.2) is 23.1 Å². The first-order valence-corrected chi connectivity index (χ1v) is 17.5. The van der Waals surface area contributed by atoms with E-state index >= 15 is 0 Å². The molecule has 4 heteroatoms. The number of hydrogen-bond donors (Lipinski definition) is 1. The number of rotatable bonds is 31. The SMILES string of the molecule is CCCCC/C=C\C/C=C\C(CCCCCCC(=O)O)OC(=O)CCCCCCC/C=C\CCCCCCCCC. The molecule has 0 fully saturated rings. The van der Waals surface area contributed by atoms with Gasteiger partial charge in [0.1, 0.15) is 6.10 Å². The van der Waals surface area contributed by atoms with Gasteiger partial charge in [-0.3, -0.25) is 9.59 Å². The summed E-state index contributed by atoms with van der Waals surface area (Å²) in [5.41, 5.74) is 0. The Kier molecular flexibility index (Phi) is 31.2. The minimum atomic E-state index is -0.728. The Morgan fingerprint density at radius 2 is 1.02 bits per heavy atom. The van der Waals surface area contributed by atoms with Crippen molar-refractivity contribution >= 4 is 11.9 Å². The third-order valence-electron chi connectivity index (χ3n) is 7.57. The van der Waals surface area contributed by atoms with Gasteiger partial charge in [-0.1, -0.05) is 128 Å². The van der Waals surface area contributed by atoms with E-state index in [4.69, 9.17) is 9.84 Å². The number of esters is 1. The highest BCUT2D eigenvalue weighted by Gasteiger charge is 2.11. The van der Waals surface area contributed by atoms with Crippen LogP contribution < -0.4 is 0 Å². The summed E-state index contributed by atoms with van der Waals surface area (Å²) in [5, 5.41) is 8.79. The van der Waals surface area contributed by atoms with Crippen LogP contribution in [0.3, 0.4) is 0 Å². The van der Waals surface area contributed by atoms with Crippen molar-refractivity contribution in [3.8, 4) is 0 Å². The van der Waals surface area contributed by atoms with Gasteiger partial charge in [-0.25, -0.2) is 0 Å². The van der Waals surface area contributed by atoms with Crippen molar-refractivity contribution in [3.05, 3.63) is 36.5 Å². The van der Waals surface area contributed by atoms with E-state index < -0.39 is 5.97 Å². The Morgan fingerprint density at radius 1 is 0.561 bits per heavy atom. The van der Waals surface area contributed by atoms with Gasteiger partial charge in [0.15, 0.2) is 0 Å². The molecular formula is C37H66O4. The summed E-state index contributed by atoms with van der Waals surface area (Å²) in [6.07, 6.45) is 41.7. The smallest absolute Gasteiger partial charge is 0.306 e. The molecule has 0 bridgehead atoms. The van der Waals surface area contributed by atoms with Crippen molar-refractivity contribution in [2.45, 2.75) is 187 Å². The zero-order valence-corrected chi connectivity index (χ0v) is 27.1. The van der Waals surface area contributed by atoms with Crippen molar-refractivity contribution in [2.75, 3.05) is 0 Å². The van der Waals surface area contributed by atoms with Gasteiger partial charge in [-0.05, 0) is 76.7 Å².